The number of hydroxylamine groups is 1. The molecule has 0 spiro atoms. The summed E-state index contributed by atoms with van der Waals surface area (Å²) < 4.78 is 5.11. The van der Waals surface area contributed by atoms with Crippen LogP contribution in [-0.4, -0.2) is 47.3 Å². The number of esters is 1. The molecular formula is C24H22N4O4. The molecule has 2 aromatic carbocycles. The molecule has 0 bridgehead atoms. The highest BCUT2D eigenvalue weighted by molar-refractivity contribution is 5.94. The third-order valence-corrected chi connectivity index (χ3v) is 6.10. The van der Waals surface area contributed by atoms with Gasteiger partial charge < -0.3 is 9.84 Å². The molecule has 32 heavy (non-hydrogen) atoms. The maximum absolute atomic E-state index is 11.7. The molecule has 0 amide bonds. The number of hydrogen-bond acceptors (Lipinski definition) is 8. The van der Waals surface area contributed by atoms with Gasteiger partial charge in [-0.25, -0.2) is 9.86 Å². The van der Waals surface area contributed by atoms with E-state index < -0.39 is 6.10 Å². The van der Waals surface area contributed by atoms with Crippen LogP contribution in [-0.2, 0) is 16.2 Å². The topological polar surface area (TPSA) is 98.9 Å². The normalized spacial score (nSPS) is 17.2. The van der Waals surface area contributed by atoms with Crippen molar-refractivity contribution in [2.24, 2.45) is 0 Å². The van der Waals surface area contributed by atoms with Crippen LogP contribution in [0.4, 0.5) is 5.69 Å². The minimum absolute atomic E-state index is 0.264. The lowest BCUT2D eigenvalue weighted by molar-refractivity contribution is -0.0409. The number of nitrogens with zero attached hydrogens (tertiary/aromatic N) is 4. The number of ether oxygens (including phenoxy) is 1. The number of aliphatic hydroxyl groups excluding tert-OH is 1. The van der Waals surface area contributed by atoms with Crippen LogP contribution in [0.5, 0.6) is 0 Å². The number of aliphatic hydroxyl groups is 1. The van der Waals surface area contributed by atoms with Crippen LogP contribution < -0.4 is 5.06 Å². The molecule has 162 valence electrons. The van der Waals surface area contributed by atoms with Crippen LogP contribution in [0, 0.1) is 18.3 Å². The fourth-order valence-corrected chi connectivity index (χ4v) is 4.25. The number of fused-ring (bicyclic) bond motifs is 2. The number of anilines is 1. The number of cyclic esters (lactones) is 1. The minimum atomic E-state index is -0.692. The lowest BCUT2D eigenvalue weighted by Gasteiger charge is -2.36. The molecule has 0 unspecified atom stereocenters. The van der Waals surface area contributed by atoms with Crippen molar-refractivity contribution in [2.45, 2.75) is 19.6 Å². The number of aromatic nitrogens is 1. The SMILES string of the molecule is Cc1c([C@@H](O)CN2CCN(c3cnc4cc(C#N)ccc4c3)OC2)ccc2c1COC2=O. The van der Waals surface area contributed by atoms with Crippen molar-refractivity contribution in [2.75, 3.05) is 31.4 Å². The summed E-state index contributed by atoms with van der Waals surface area (Å²) in [6.07, 6.45) is 1.05. The number of β-amino-alcohol motifs (C(OH)–C–C–N with tert-alkyl or cyclic N) is 1. The van der Waals surface area contributed by atoms with E-state index in [1.165, 1.54) is 0 Å². The average Bonchev–Trinajstić information content (AvgIpc) is 3.20. The highest BCUT2D eigenvalue weighted by Gasteiger charge is 2.27. The number of nitriles is 1. The highest BCUT2D eigenvalue weighted by atomic mass is 16.7. The van der Waals surface area contributed by atoms with E-state index in [9.17, 15) is 9.90 Å². The van der Waals surface area contributed by atoms with Gasteiger partial charge in [-0.1, -0.05) is 12.1 Å². The number of pyridine rings is 1. The smallest absolute Gasteiger partial charge is 0.338 e. The first-order valence-electron chi connectivity index (χ1n) is 10.4. The third kappa shape index (κ3) is 3.67. The minimum Gasteiger partial charge on any atom is -0.457 e. The Morgan fingerprint density at radius 2 is 2.12 bits per heavy atom. The van der Waals surface area contributed by atoms with Gasteiger partial charge in [-0.2, -0.15) is 5.26 Å². The molecule has 1 N–H and O–H groups in total. The molecule has 2 aliphatic heterocycles. The van der Waals surface area contributed by atoms with E-state index in [4.69, 9.17) is 14.8 Å². The fourth-order valence-electron chi connectivity index (χ4n) is 4.25. The zero-order valence-electron chi connectivity index (χ0n) is 17.6. The lowest BCUT2D eigenvalue weighted by atomic mass is 9.95. The Hall–Kier alpha value is -3.51. The molecule has 0 radical (unpaired) electrons. The van der Waals surface area contributed by atoms with Gasteiger partial charge in [0.15, 0.2) is 0 Å². The number of rotatable bonds is 4. The van der Waals surface area contributed by atoms with Crippen LogP contribution >= 0.6 is 0 Å². The Labute approximate surface area is 185 Å². The Morgan fingerprint density at radius 1 is 1.25 bits per heavy atom. The quantitative estimate of drug-likeness (QED) is 0.631. The zero-order chi connectivity index (χ0) is 22.2. The van der Waals surface area contributed by atoms with E-state index in [1.54, 1.807) is 35.5 Å². The van der Waals surface area contributed by atoms with Gasteiger partial charge in [-0.05, 0) is 42.3 Å². The molecule has 3 aromatic rings. The second-order valence-corrected chi connectivity index (χ2v) is 8.05. The van der Waals surface area contributed by atoms with Crippen molar-refractivity contribution in [1.82, 2.24) is 9.88 Å². The number of carbonyl (C=O) groups is 1. The van der Waals surface area contributed by atoms with Crippen LogP contribution in [0.1, 0.15) is 38.7 Å². The van der Waals surface area contributed by atoms with Crippen molar-refractivity contribution >= 4 is 22.6 Å². The van der Waals surface area contributed by atoms with E-state index in [1.807, 2.05) is 24.0 Å². The zero-order valence-corrected chi connectivity index (χ0v) is 17.6. The molecule has 8 nitrogen and oxygen atoms in total. The van der Waals surface area contributed by atoms with E-state index in [0.717, 1.165) is 33.3 Å². The van der Waals surface area contributed by atoms with Crippen molar-refractivity contribution in [3.05, 3.63) is 70.4 Å². The summed E-state index contributed by atoms with van der Waals surface area (Å²) in [5.74, 6) is -0.303. The molecule has 8 heteroatoms. The second kappa shape index (κ2) is 8.20. The summed E-state index contributed by atoms with van der Waals surface area (Å²) in [6, 6.07) is 13.1. The largest absolute Gasteiger partial charge is 0.457 e. The average molecular weight is 430 g/mol. The second-order valence-electron chi connectivity index (χ2n) is 8.05. The van der Waals surface area contributed by atoms with Gasteiger partial charge in [0.25, 0.3) is 0 Å². The summed E-state index contributed by atoms with van der Waals surface area (Å²) in [7, 11) is 0. The van der Waals surface area contributed by atoms with Crippen LogP contribution in [0.15, 0.2) is 42.6 Å². The van der Waals surface area contributed by atoms with Crippen molar-refractivity contribution < 1.29 is 19.5 Å². The van der Waals surface area contributed by atoms with Gasteiger partial charge in [-0.15, -0.1) is 0 Å². The Kier molecular flexibility index (Phi) is 5.23. The summed E-state index contributed by atoms with van der Waals surface area (Å²) in [5, 5.41) is 22.6. The molecular weight excluding hydrogens is 408 g/mol. The molecule has 1 aromatic heterocycles. The van der Waals surface area contributed by atoms with Crippen LogP contribution in [0.3, 0.4) is 0 Å². The van der Waals surface area contributed by atoms with Gasteiger partial charge in [0.2, 0.25) is 0 Å². The molecule has 1 atom stereocenters. The van der Waals surface area contributed by atoms with Gasteiger partial charge in [0.05, 0.1) is 47.2 Å². The predicted octanol–water partition coefficient (Wildman–Crippen LogP) is 2.83. The Bertz CT molecular complexity index is 1240. The first kappa shape index (κ1) is 20.4. The number of benzene rings is 2. The third-order valence-electron chi connectivity index (χ3n) is 6.10. The van der Waals surface area contributed by atoms with Gasteiger partial charge in [-0.3, -0.25) is 14.7 Å². The molecule has 5 rings (SSSR count). The van der Waals surface area contributed by atoms with Gasteiger partial charge >= 0.3 is 5.97 Å². The Morgan fingerprint density at radius 3 is 2.91 bits per heavy atom. The van der Waals surface area contributed by atoms with E-state index in [-0.39, 0.29) is 12.6 Å². The van der Waals surface area contributed by atoms with E-state index in [0.29, 0.717) is 37.5 Å². The van der Waals surface area contributed by atoms with Crippen molar-refractivity contribution in [3.63, 3.8) is 0 Å². The molecule has 2 aliphatic rings. The highest BCUT2D eigenvalue weighted by Crippen LogP contribution is 2.30. The summed E-state index contributed by atoms with van der Waals surface area (Å²) in [5.41, 5.74) is 5.36. The van der Waals surface area contributed by atoms with E-state index >= 15 is 0 Å². The molecule has 3 heterocycles. The molecule has 0 aliphatic carbocycles. The van der Waals surface area contributed by atoms with Crippen molar-refractivity contribution in [3.8, 4) is 6.07 Å². The summed E-state index contributed by atoms with van der Waals surface area (Å²) in [4.78, 5) is 24.1. The van der Waals surface area contributed by atoms with Crippen LogP contribution in [0.25, 0.3) is 10.9 Å². The van der Waals surface area contributed by atoms with Crippen LogP contribution in [0.2, 0.25) is 0 Å². The van der Waals surface area contributed by atoms with Gasteiger partial charge in [0, 0.05) is 24.0 Å². The van der Waals surface area contributed by atoms with Crippen molar-refractivity contribution in [1.29, 1.82) is 5.26 Å². The maximum Gasteiger partial charge on any atom is 0.338 e. The first-order valence-corrected chi connectivity index (χ1v) is 10.4. The molecule has 1 saturated heterocycles. The standard InChI is InChI=1S/C24H22N4O4/c1-15-19(4-5-20-21(15)13-31-24(20)30)23(29)12-27-6-7-28(32-14-27)18-9-17-3-2-16(10-25)8-22(17)26-11-18/h2-5,8-9,11,23,29H,6-7,12-14H2,1H3/t23-/m0/s1. The Balaban J connectivity index is 1.23. The van der Waals surface area contributed by atoms with Gasteiger partial charge in [0.1, 0.15) is 13.3 Å². The lowest BCUT2D eigenvalue weighted by Crippen LogP contribution is -2.46. The predicted molar refractivity (Wildman–Crippen MR) is 117 cm³/mol. The number of carbonyl (C=O) groups excluding carboxylic acids is 1. The first-order chi connectivity index (χ1) is 15.5. The number of hydrogen-bond donors (Lipinski definition) is 1. The molecule has 0 saturated carbocycles. The molecule has 1 fully saturated rings. The summed E-state index contributed by atoms with van der Waals surface area (Å²) >= 11 is 0. The fraction of sp³-hybridized carbons (Fsp3) is 0.292. The van der Waals surface area contributed by atoms with E-state index in [2.05, 4.69) is 11.1 Å². The maximum atomic E-state index is 11.7. The summed E-state index contributed by atoms with van der Waals surface area (Å²) in [6.45, 7) is 4.29. The monoisotopic (exact) mass is 430 g/mol.